The van der Waals surface area contributed by atoms with Gasteiger partial charge in [-0.2, -0.15) is 0 Å². The number of furan rings is 1. The van der Waals surface area contributed by atoms with Gasteiger partial charge in [-0.05, 0) is 33.3 Å². The van der Waals surface area contributed by atoms with Crippen molar-refractivity contribution in [2.24, 2.45) is 0 Å². The predicted molar refractivity (Wildman–Crippen MR) is 60.9 cm³/mol. The zero-order valence-corrected chi connectivity index (χ0v) is 9.59. The van der Waals surface area contributed by atoms with E-state index in [1.165, 1.54) is 0 Å². The molecule has 0 aliphatic heterocycles. The molecule has 1 aromatic heterocycles. The van der Waals surface area contributed by atoms with E-state index in [1.54, 1.807) is 13.8 Å². The van der Waals surface area contributed by atoms with E-state index >= 15 is 0 Å². The van der Waals surface area contributed by atoms with E-state index in [9.17, 15) is 5.11 Å². The number of rotatable bonds is 1. The fraction of sp³-hybridized carbons (Fsp3) is 0.385. The van der Waals surface area contributed by atoms with E-state index in [0.29, 0.717) is 0 Å². The van der Waals surface area contributed by atoms with Crippen molar-refractivity contribution in [2.45, 2.75) is 33.3 Å². The van der Waals surface area contributed by atoms with Gasteiger partial charge in [0.1, 0.15) is 11.3 Å². The molecule has 0 atom stereocenters. The van der Waals surface area contributed by atoms with Crippen LogP contribution in [0.1, 0.15) is 30.7 Å². The van der Waals surface area contributed by atoms with E-state index in [1.807, 2.05) is 32.0 Å². The molecule has 0 fully saturated rings. The fourth-order valence-electron chi connectivity index (χ4n) is 1.84. The predicted octanol–water partition coefficient (Wildman–Crippen LogP) is 3.28. The molecule has 0 saturated carbocycles. The molecule has 0 spiro atoms. The molecule has 15 heavy (non-hydrogen) atoms. The lowest BCUT2D eigenvalue weighted by Gasteiger charge is -2.17. The van der Waals surface area contributed by atoms with Crippen LogP contribution in [0.25, 0.3) is 11.0 Å². The minimum absolute atomic E-state index is 0.806. The lowest BCUT2D eigenvalue weighted by molar-refractivity contribution is 0.0791. The van der Waals surface area contributed by atoms with Gasteiger partial charge in [-0.25, -0.2) is 0 Å². The molecule has 1 heterocycles. The van der Waals surface area contributed by atoms with Crippen LogP contribution in [0.2, 0.25) is 0 Å². The van der Waals surface area contributed by atoms with Crippen molar-refractivity contribution < 1.29 is 9.52 Å². The van der Waals surface area contributed by atoms with Gasteiger partial charge in [-0.15, -0.1) is 0 Å². The van der Waals surface area contributed by atoms with Crippen LogP contribution in [0.3, 0.4) is 0 Å². The maximum Gasteiger partial charge on any atom is 0.140 e. The Morgan fingerprint density at radius 1 is 1.20 bits per heavy atom. The van der Waals surface area contributed by atoms with Crippen molar-refractivity contribution in [2.75, 3.05) is 0 Å². The minimum atomic E-state index is -0.865. The molecule has 0 bridgehead atoms. The first-order valence-corrected chi connectivity index (χ1v) is 5.13. The molecule has 2 nitrogen and oxygen atoms in total. The molecule has 0 unspecified atom stereocenters. The fourth-order valence-corrected chi connectivity index (χ4v) is 1.84. The Hall–Kier alpha value is -1.28. The van der Waals surface area contributed by atoms with Gasteiger partial charge in [0.05, 0.1) is 5.60 Å². The lowest BCUT2D eigenvalue weighted by atomic mass is 9.96. The first-order valence-electron chi connectivity index (χ1n) is 5.13. The SMILES string of the molecule is Cc1oc2c(C(C)(C)O)cccc2c1C. The maximum absolute atomic E-state index is 10.0. The summed E-state index contributed by atoms with van der Waals surface area (Å²) in [5.41, 5.74) is 1.93. The Balaban J connectivity index is 2.83. The topological polar surface area (TPSA) is 33.4 Å². The zero-order valence-electron chi connectivity index (χ0n) is 9.59. The molecule has 0 saturated heterocycles. The maximum atomic E-state index is 10.0. The Morgan fingerprint density at radius 3 is 2.47 bits per heavy atom. The molecule has 80 valence electrons. The number of fused-ring (bicyclic) bond motifs is 1. The molecule has 0 aliphatic carbocycles. The summed E-state index contributed by atoms with van der Waals surface area (Å²) < 4.78 is 5.70. The second-order valence-electron chi connectivity index (χ2n) is 4.52. The quantitative estimate of drug-likeness (QED) is 0.773. The highest BCUT2D eigenvalue weighted by molar-refractivity contribution is 5.85. The van der Waals surface area contributed by atoms with E-state index in [0.717, 1.165) is 27.9 Å². The smallest absolute Gasteiger partial charge is 0.140 e. The third-order valence-corrected chi connectivity index (χ3v) is 2.86. The molecular formula is C13H16O2. The summed E-state index contributed by atoms with van der Waals surface area (Å²) in [4.78, 5) is 0. The van der Waals surface area contributed by atoms with Crippen LogP contribution in [0, 0.1) is 13.8 Å². The monoisotopic (exact) mass is 204 g/mol. The van der Waals surface area contributed by atoms with Gasteiger partial charge in [-0.1, -0.05) is 18.2 Å². The van der Waals surface area contributed by atoms with E-state index in [2.05, 4.69) is 0 Å². The third kappa shape index (κ3) is 1.55. The number of para-hydroxylation sites is 1. The molecule has 2 heteroatoms. The van der Waals surface area contributed by atoms with Crippen LogP contribution in [0.15, 0.2) is 22.6 Å². The van der Waals surface area contributed by atoms with Crippen molar-refractivity contribution in [1.29, 1.82) is 0 Å². The van der Waals surface area contributed by atoms with Crippen LogP contribution >= 0.6 is 0 Å². The molecule has 0 amide bonds. The second kappa shape index (κ2) is 3.11. The van der Waals surface area contributed by atoms with Gasteiger partial charge in [0.25, 0.3) is 0 Å². The summed E-state index contributed by atoms with van der Waals surface area (Å²) in [5, 5.41) is 11.1. The number of benzene rings is 1. The van der Waals surface area contributed by atoms with Gasteiger partial charge in [0, 0.05) is 10.9 Å². The number of hydrogen-bond donors (Lipinski definition) is 1. The van der Waals surface area contributed by atoms with Crippen molar-refractivity contribution >= 4 is 11.0 Å². The van der Waals surface area contributed by atoms with Gasteiger partial charge in [-0.3, -0.25) is 0 Å². The summed E-state index contributed by atoms with van der Waals surface area (Å²) in [5.74, 6) is 0.918. The number of aryl methyl sites for hydroxylation is 2. The normalized spacial score (nSPS) is 12.3. The Bertz CT molecular complexity index is 501. The minimum Gasteiger partial charge on any atom is -0.461 e. The average Bonchev–Trinajstić information content (AvgIpc) is 2.41. The molecule has 0 aliphatic rings. The van der Waals surface area contributed by atoms with Crippen LogP contribution in [0.4, 0.5) is 0 Å². The highest BCUT2D eigenvalue weighted by atomic mass is 16.3. The van der Waals surface area contributed by atoms with Crippen molar-refractivity contribution in [3.63, 3.8) is 0 Å². The van der Waals surface area contributed by atoms with Gasteiger partial charge in [0.15, 0.2) is 0 Å². The first-order chi connectivity index (χ1) is 6.91. The van der Waals surface area contributed by atoms with Crippen LogP contribution < -0.4 is 0 Å². The summed E-state index contributed by atoms with van der Waals surface area (Å²) in [6, 6.07) is 5.89. The molecular weight excluding hydrogens is 188 g/mol. The number of aliphatic hydroxyl groups is 1. The van der Waals surface area contributed by atoms with E-state index in [4.69, 9.17) is 4.42 Å². The lowest BCUT2D eigenvalue weighted by Crippen LogP contribution is -2.15. The third-order valence-electron chi connectivity index (χ3n) is 2.86. The van der Waals surface area contributed by atoms with Gasteiger partial charge >= 0.3 is 0 Å². The number of hydrogen-bond acceptors (Lipinski definition) is 2. The summed E-state index contributed by atoms with van der Waals surface area (Å²) in [6.07, 6.45) is 0. The van der Waals surface area contributed by atoms with Gasteiger partial charge < -0.3 is 9.52 Å². The highest BCUT2D eigenvalue weighted by Crippen LogP contribution is 2.32. The second-order valence-corrected chi connectivity index (χ2v) is 4.52. The van der Waals surface area contributed by atoms with Crippen molar-refractivity contribution in [3.8, 4) is 0 Å². The summed E-state index contributed by atoms with van der Waals surface area (Å²) >= 11 is 0. The molecule has 2 rings (SSSR count). The summed E-state index contributed by atoms with van der Waals surface area (Å²) in [7, 11) is 0. The van der Waals surface area contributed by atoms with E-state index < -0.39 is 5.60 Å². The molecule has 1 aromatic carbocycles. The molecule has 2 aromatic rings. The van der Waals surface area contributed by atoms with Crippen LogP contribution in [-0.2, 0) is 5.60 Å². The highest BCUT2D eigenvalue weighted by Gasteiger charge is 2.22. The van der Waals surface area contributed by atoms with Crippen LogP contribution in [-0.4, -0.2) is 5.11 Å². The zero-order chi connectivity index (χ0) is 11.2. The standard InChI is InChI=1S/C13H16O2/c1-8-9(2)15-12-10(8)6-5-7-11(12)13(3,4)14/h5-7,14H,1-4H3. The van der Waals surface area contributed by atoms with Gasteiger partial charge in [0.2, 0.25) is 0 Å². The summed E-state index contributed by atoms with van der Waals surface area (Å²) in [6.45, 7) is 7.53. The molecule has 0 radical (unpaired) electrons. The van der Waals surface area contributed by atoms with Crippen molar-refractivity contribution in [1.82, 2.24) is 0 Å². The van der Waals surface area contributed by atoms with E-state index in [-0.39, 0.29) is 0 Å². The molecule has 1 N–H and O–H groups in total. The Kier molecular flexibility index (Phi) is 2.12. The Morgan fingerprint density at radius 2 is 1.87 bits per heavy atom. The largest absolute Gasteiger partial charge is 0.461 e. The first kappa shape index (κ1) is 10.2. The van der Waals surface area contributed by atoms with Crippen molar-refractivity contribution in [3.05, 3.63) is 35.1 Å². The van der Waals surface area contributed by atoms with Crippen LogP contribution in [0.5, 0.6) is 0 Å². The Labute approximate surface area is 89.5 Å². The average molecular weight is 204 g/mol.